The van der Waals surface area contributed by atoms with E-state index in [-0.39, 0.29) is 34.2 Å². The fourth-order valence-corrected chi connectivity index (χ4v) is 4.19. The van der Waals surface area contributed by atoms with E-state index in [2.05, 4.69) is 25.5 Å². The molecule has 0 radical (unpaired) electrons. The fraction of sp³-hybridized carbons (Fsp3) is 0.261. The van der Waals surface area contributed by atoms with Crippen LogP contribution >= 0.6 is 0 Å². The number of aromatic nitrogens is 2. The quantitative estimate of drug-likeness (QED) is 0.584. The second-order valence-electron chi connectivity index (χ2n) is 7.88. The molecule has 164 valence electrons. The van der Waals surface area contributed by atoms with Crippen LogP contribution in [0.3, 0.4) is 0 Å². The molecule has 0 aliphatic carbocycles. The Morgan fingerprint density at radius 2 is 1.69 bits per heavy atom. The van der Waals surface area contributed by atoms with E-state index in [1.165, 1.54) is 6.07 Å². The van der Waals surface area contributed by atoms with E-state index in [1.807, 2.05) is 12.1 Å². The molecule has 7 nitrogen and oxygen atoms in total. The molecule has 0 atom stereocenters. The molecule has 0 spiro atoms. The normalized spacial score (nSPS) is 15.9. The van der Waals surface area contributed by atoms with Gasteiger partial charge in [-0.25, -0.2) is 9.37 Å². The number of benzene rings is 2. The third-order valence-corrected chi connectivity index (χ3v) is 5.88. The number of nitrogens with one attached hydrogen (secondary N) is 2. The van der Waals surface area contributed by atoms with Gasteiger partial charge >= 0.3 is 0 Å². The lowest BCUT2D eigenvalue weighted by Crippen LogP contribution is -2.43. The average molecular weight is 436 g/mol. The van der Waals surface area contributed by atoms with Crippen molar-refractivity contribution in [1.29, 1.82) is 0 Å². The van der Waals surface area contributed by atoms with Crippen LogP contribution in [0.1, 0.15) is 15.9 Å². The second-order valence-corrected chi connectivity index (χ2v) is 7.88. The summed E-state index contributed by atoms with van der Waals surface area (Å²) in [7, 11) is 0. The lowest BCUT2D eigenvalue weighted by molar-refractivity contribution is 0.0945. The van der Waals surface area contributed by atoms with Crippen molar-refractivity contribution in [3.63, 3.8) is 0 Å². The monoisotopic (exact) mass is 436 g/mol. The van der Waals surface area contributed by atoms with E-state index in [9.17, 15) is 13.6 Å². The zero-order chi connectivity index (χ0) is 22.2. The summed E-state index contributed by atoms with van der Waals surface area (Å²) in [5, 5.41) is 6.00. The standard InChI is InChI=1S/C23H22F2N6O/c24-18-12-16-14(5-6-28-23(16)32)11-17(18)20-22(26)30-21(25)19(29-20)13-1-3-15(4-2-13)31-9-7-27-8-10-31/h1-4,11-12,27H,5-10H2,(H2,26,30)(H,28,32). The minimum atomic E-state index is -0.820. The molecular weight excluding hydrogens is 414 g/mol. The number of amides is 1. The maximum Gasteiger partial charge on any atom is 0.251 e. The number of hydrogen-bond donors (Lipinski definition) is 3. The van der Waals surface area contributed by atoms with E-state index < -0.39 is 11.8 Å². The van der Waals surface area contributed by atoms with Gasteiger partial charge in [0, 0.05) is 55.1 Å². The molecule has 4 N–H and O–H groups in total. The number of carbonyl (C=O) groups excluding carboxylic acids is 1. The molecule has 1 saturated heterocycles. The third kappa shape index (κ3) is 3.64. The van der Waals surface area contributed by atoms with Gasteiger partial charge in [-0.2, -0.15) is 9.37 Å². The molecule has 2 aliphatic rings. The number of nitrogens with zero attached hydrogens (tertiary/aromatic N) is 3. The second kappa shape index (κ2) is 8.16. The Hall–Kier alpha value is -3.59. The van der Waals surface area contributed by atoms with E-state index in [0.29, 0.717) is 24.1 Å². The number of halogens is 2. The van der Waals surface area contributed by atoms with Crippen LogP contribution in [0.15, 0.2) is 36.4 Å². The molecule has 1 fully saturated rings. The van der Waals surface area contributed by atoms with Crippen LogP contribution in [0, 0.1) is 11.8 Å². The zero-order valence-electron chi connectivity index (χ0n) is 17.3. The summed E-state index contributed by atoms with van der Waals surface area (Å²) in [6.07, 6.45) is 0.559. The van der Waals surface area contributed by atoms with E-state index >= 15 is 0 Å². The van der Waals surface area contributed by atoms with Crippen molar-refractivity contribution in [3.8, 4) is 22.5 Å². The predicted octanol–water partition coefficient (Wildman–Crippen LogP) is 2.37. The number of nitrogens with two attached hydrogens (primary N) is 1. The first-order valence-corrected chi connectivity index (χ1v) is 10.5. The van der Waals surface area contributed by atoms with Gasteiger partial charge in [0.1, 0.15) is 17.2 Å². The van der Waals surface area contributed by atoms with Crippen molar-refractivity contribution in [1.82, 2.24) is 20.6 Å². The molecule has 2 aromatic carbocycles. The summed E-state index contributed by atoms with van der Waals surface area (Å²) in [5.74, 6) is -2.00. The molecule has 1 aromatic heterocycles. The SMILES string of the molecule is Nc1nc(F)c(-c2ccc(N3CCNCC3)cc2)nc1-c1cc2c(cc1F)C(=O)NCC2. The van der Waals surface area contributed by atoms with Gasteiger partial charge < -0.3 is 21.3 Å². The van der Waals surface area contributed by atoms with Gasteiger partial charge in [0.05, 0.1) is 0 Å². The smallest absolute Gasteiger partial charge is 0.251 e. The highest BCUT2D eigenvalue weighted by Crippen LogP contribution is 2.32. The lowest BCUT2D eigenvalue weighted by atomic mass is 9.96. The Labute approximate surface area is 183 Å². The van der Waals surface area contributed by atoms with Crippen LogP contribution in [0.25, 0.3) is 22.5 Å². The molecular formula is C23H22F2N6O. The van der Waals surface area contributed by atoms with Gasteiger partial charge in [-0.1, -0.05) is 12.1 Å². The molecule has 0 saturated carbocycles. The molecule has 5 rings (SSSR count). The number of anilines is 2. The first kappa shape index (κ1) is 20.3. The summed E-state index contributed by atoms with van der Waals surface area (Å²) in [6, 6.07) is 10.1. The highest BCUT2D eigenvalue weighted by Gasteiger charge is 2.23. The largest absolute Gasteiger partial charge is 0.382 e. The Balaban J connectivity index is 1.53. The van der Waals surface area contributed by atoms with Crippen molar-refractivity contribution < 1.29 is 13.6 Å². The average Bonchev–Trinajstić information content (AvgIpc) is 2.81. The minimum absolute atomic E-state index is 0.00377. The molecule has 0 unspecified atom stereocenters. The van der Waals surface area contributed by atoms with E-state index in [4.69, 9.17) is 5.73 Å². The van der Waals surface area contributed by atoms with Crippen LogP contribution in [0.4, 0.5) is 20.3 Å². The molecule has 1 amide bonds. The van der Waals surface area contributed by atoms with Gasteiger partial charge in [-0.15, -0.1) is 0 Å². The van der Waals surface area contributed by atoms with E-state index in [1.54, 1.807) is 18.2 Å². The van der Waals surface area contributed by atoms with Gasteiger partial charge in [-0.3, -0.25) is 4.79 Å². The van der Waals surface area contributed by atoms with Crippen LogP contribution in [0.5, 0.6) is 0 Å². The van der Waals surface area contributed by atoms with Crippen LogP contribution in [0.2, 0.25) is 0 Å². The molecule has 2 aliphatic heterocycles. The summed E-state index contributed by atoms with van der Waals surface area (Å²) in [4.78, 5) is 22.4. The van der Waals surface area contributed by atoms with Crippen LogP contribution in [-0.4, -0.2) is 48.6 Å². The minimum Gasteiger partial charge on any atom is -0.382 e. The summed E-state index contributed by atoms with van der Waals surface area (Å²) < 4.78 is 29.6. The number of carbonyl (C=O) groups is 1. The fourth-order valence-electron chi connectivity index (χ4n) is 4.19. The molecule has 3 aromatic rings. The van der Waals surface area contributed by atoms with Crippen molar-refractivity contribution in [2.24, 2.45) is 0 Å². The number of rotatable bonds is 3. The summed E-state index contributed by atoms with van der Waals surface area (Å²) in [6.45, 7) is 4.09. The molecule has 3 heterocycles. The Kier molecular flexibility index (Phi) is 5.18. The highest BCUT2D eigenvalue weighted by molar-refractivity contribution is 5.97. The van der Waals surface area contributed by atoms with Gasteiger partial charge in [0.25, 0.3) is 5.91 Å². The Morgan fingerprint density at radius 3 is 2.44 bits per heavy atom. The number of piperazine rings is 1. The van der Waals surface area contributed by atoms with Crippen molar-refractivity contribution in [2.75, 3.05) is 43.4 Å². The molecule has 9 heteroatoms. The van der Waals surface area contributed by atoms with Gasteiger partial charge in [0.15, 0.2) is 5.82 Å². The van der Waals surface area contributed by atoms with Crippen molar-refractivity contribution in [2.45, 2.75) is 6.42 Å². The van der Waals surface area contributed by atoms with E-state index in [0.717, 1.165) is 31.9 Å². The Bertz CT molecular complexity index is 1190. The number of hydrogen-bond acceptors (Lipinski definition) is 6. The van der Waals surface area contributed by atoms with Crippen LogP contribution in [-0.2, 0) is 6.42 Å². The van der Waals surface area contributed by atoms with Gasteiger partial charge in [0.2, 0.25) is 5.95 Å². The van der Waals surface area contributed by atoms with Gasteiger partial charge in [-0.05, 0) is 36.2 Å². The maximum absolute atomic E-state index is 14.9. The first-order chi connectivity index (χ1) is 15.5. The Morgan fingerprint density at radius 1 is 0.938 bits per heavy atom. The molecule has 32 heavy (non-hydrogen) atoms. The van der Waals surface area contributed by atoms with Crippen molar-refractivity contribution >= 4 is 17.4 Å². The summed E-state index contributed by atoms with van der Waals surface area (Å²) in [5.41, 5.74) is 8.61. The summed E-state index contributed by atoms with van der Waals surface area (Å²) >= 11 is 0. The molecule has 0 bridgehead atoms. The topological polar surface area (TPSA) is 96.2 Å². The number of nitrogen functional groups attached to an aromatic ring is 1. The lowest BCUT2D eigenvalue weighted by Gasteiger charge is -2.29. The zero-order valence-corrected chi connectivity index (χ0v) is 17.3. The van der Waals surface area contributed by atoms with Crippen LogP contribution < -0.4 is 21.3 Å². The van der Waals surface area contributed by atoms with Crippen molar-refractivity contribution in [3.05, 3.63) is 59.3 Å². The first-order valence-electron chi connectivity index (χ1n) is 10.5. The highest BCUT2D eigenvalue weighted by atomic mass is 19.1. The predicted molar refractivity (Wildman–Crippen MR) is 118 cm³/mol. The third-order valence-electron chi connectivity index (χ3n) is 5.88. The maximum atomic E-state index is 14.9. The number of fused-ring (bicyclic) bond motifs is 1.